The third kappa shape index (κ3) is 4.99. The van der Waals surface area contributed by atoms with Crippen molar-refractivity contribution < 1.29 is 14.3 Å². The highest BCUT2D eigenvalue weighted by molar-refractivity contribution is 5.76. The van der Waals surface area contributed by atoms with Gasteiger partial charge in [0, 0.05) is 44.4 Å². The van der Waals surface area contributed by atoms with Crippen molar-refractivity contribution in [1.29, 1.82) is 0 Å². The molecule has 1 amide bonds. The van der Waals surface area contributed by atoms with Gasteiger partial charge in [0.2, 0.25) is 5.91 Å². The first kappa shape index (κ1) is 16.4. The minimum Gasteiger partial charge on any atom is -0.379 e. The van der Waals surface area contributed by atoms with Crippen molar-refractivity contribution >= 4 is 5.91 Å². The summed E-state index contributed by atoms with van der Waals surface area (Å²) in [7, 11) is 0. The first-order valence-corrected chi connectivity index (χ1v) is 8.37. The van der Waals surface area contributed by atoms with Crippen molar-refractivity contribution in [3.8, 4) is 0 Å². The topological polar surface area (TPSA) is 63.7 Å². The van der Waals surface area contributed by atoms with E-state index in [9.17, 15) is 4.79 Å². The van der Waals surface area contributed by atoms with Gasteiger partial charge < -0.3 is 14.8 Å². The molecule has 0 bridgehead atoms. The van der Waals surface area contributed by atoms with Gasteiger partial charge in [-0.2, -0.15) is 0 Å². The highest BCUT2D eigenvalue weighted by Crippen LogP contribution is 2.19. The molecule has 6 heteroatoms. The second-order valence-corrected chi connectivity index (χ2v) is 6.24. The van der Waals surface area contributed by atoms with Crippen LogP contribution >= 0.6 is 0 Å². The van der Waals surface area contributed by atoms with Crippen LogP contribution in [0.4, 0.5) is 0 Å². The first-order valence-electron chi connectivity index (χ1n) is 8.37. The van der Waals surface area contributed by atoms with E-state index in [1.165, 1.54) is 5.56 Å². The highest BCUT2D eigenvalue weighted by Gasteiger charge is 2.29. The second-order valence-electron chi connectivity index (χ2n) is 6.24. The number of rotatable bonds is 6. The average molecular weight is 319 g/mol. The molecule has 0 aliphatic carbocycles. The molecule has 1 aromatic rings. The van der Waals surface area contributed by atoms with Crippen LogP contribution in [-0.4, -0.2) is 67.9 Å². The van der Waals surface area contributed by atoms with Gasteiger partial charge in [-0.15, -0.1) is 0 Å². The fourth-order valence-corrected chi connectivity index (χ4v) is 3.14. The molecular weight excluding hydrogens is 294 g/mol. The van der Waals surface area contributed by atoms with Gasteiger partial charge in [0.05, 0.1) is 32.5 Å². The van der Waals surface area contributed by atoms with Crippen molar-refractivity contribution in [1.82, 2.24) is 15.2 Å². The number of hydrogen-bond donors (Lipinski definition) is 1. The Bertz CT molecular complexity index is 491. The Balaban J connectivity index is 1.43. The number of carbonyl (C=O) groups is 1. The van der Waals surface area contributed by atoms with Crippen LogP contribution < -0.4 is 5.32 Å². The fourth-order valence-electron chi connectivity index (χ4n) is 3.14. The molecule has 0 aromatic carbocycles. The minimum atomic E-state index is 0.111. The van der Waals surface area contributed by atoms with E-state index in [0.717, 1.165) is 39.3 Å². The zero-order valence-electron chi connectivity index (χ0n) is 13.4. The maximum absolute atomic E-state index is 12.2. The summed E-state index contributed by atoms with van der Waals surface area (Å²) < 4.78 is 10.9. The van der Waals surface area contributed by atoms with Crippen LogP contribution in [-0.2, 0) is 20.7 Å². The number of ether oxygens (including phenoxy) is 2. The summed E-state index contributed by atoms with van der Waals surface area (Å²) in [6.45, 7) is 5.50. The predicted octanol–water partition coefficient (Wildman–Crippen LogP) is 0.478. The Morgan fingerprint density at radius 2 is 2.00 bits per heavy atom. The lowest BCUT2D eigenvalue weighted by Crippen LogP contribution is -2.43. The van der Waals surface area contributed by atoms with E-state index in [2.05, 4.69) is 15.2 Å². The van der Waals surface area contributed by atoms with Crippen LogP contribution in [0.1, 0.15) is 12.0 Å². The Hall–Kier alpha value is -1.50. The standard InChI is InChI=1S/C17H25N3O3/c21-17(3-6-20-7-9-22-10-8-20)19-16-13-23-12-15(16)11-14-1-4-18-5-2-14/h1-2,4-5,15-16H,3,6-13H2,(H,19,21)/t15-,16+/m1/s1. The molecule has 3 heterocycles. The van der Waals surface area contributed by atoms with E-state index in [1.54, 1.807) is 12.4 Å². The molecule has 23 heavy (non-hydrogen) atoms. The summed E-state index contributed by atoms with van der Waals surface area (Å²) in [4.78, 5) is 18.5. The van der Waals surface area contributed by atoms with E-state index in [0.29, 0.717) is 25.6 Å². The van der Waals surface area contributed by atoms with Crippen molar-refractivity contribution in [2.24, 2.45) is 5.92 Å². The molecule has 1 aromatic heterocycles. The molecule has 2 fully saturated rings. The average Bonchev–Trinajstić information content (AvgIpc) is 3.02. The first-order chi connectivity index (χ1) is 11.3. The summed E-state index contributed by atoms with van der Waals surface area (Å²) in [5.74, 6) is 0.455. The monoisotopic (exact) mass is 319 g/mol. The molecule has 2 aliphatic heterocycles. The van der Waals surface area contributed by atoms with Gasteiger partial charge in [-0.3, -0.25) is 14.7 Å². The predicted molar refractivity (Wildman–Crippen MR) is 86.1 cm³/mol. The maximum Gasteiger partial charge on any atom is 0.221 e. The van der Waals surface area contributed by atoms with Gasteiger partial charge in [0.15, 0.2) is 0 Å². The van der Waals surface area contributed by atoms with Gasteiger partial charge in [0.1, 0.15) is 0 Å². The molecule has 2 atom stereocenters. The molecule has 2 saturated heterocycles. The summed E-state index contributed by atoms with van der Waals surface area (Å²) >= 11 is 0. The Morgan fingerprint density at radius 1 is 1.22 bits per heavy atom. The Labute approximate surface area is 137 Å². The summed E-state index contributed by atoms with van der Waals surface area (Å²) in [5, 5.41) is 3.15. The summed E-state index contributed by atoms with van der Waals surface area (Å²) in [6, 6.07) is 4.16. The van der Waals surface area contributed by atoms with E-state index in [1.807, 2.05) is 12.1 Å². The van der Waals surface area contributed by atoms with Crippen molar-refractivity contribution in [2.45, 2.75) is 18.9 Å². The lowest BCUT2D eigenvalue weighted by atomic mass is 9.95. The van der Waals surface area contributed by atoms with Gasteiger partial charge in [0.25, 0.3) is 0 Å². The van der Waals surface area contributed by atoms with Crippen LogP contribution in [0.25, 0.3) is 0 Å². The quantitative estimate of drug-likeness (QED) is 0.826. The van der Waals surface area contributed by atoms with Crippen molar-refractivity contribution in [2.75, 3.05) is 46.1 Å². The third-order valence-corrected chi connectivity index (χ3v) is 4.55. The van der Waals surface area contributed by atoms with E-state index in [-0.39, 0.29) is 11.9 Å². The fraction of sp³-hybridized carbons (Fsp3) is 0.647. The molecule has 1 N–H and O–H groups in total. The SMILES string of the molecule is O=C(CCN1CCOCC1)N[C@H]1COC[C@H]1Cc1ccncc1. The zero-order chi connectivity index (χ0) is 15.9. The number of pyridine rings is 1. The van der Waals surface area contributed by atoms with Crippen molar-refractivity contribution in [3.63, 3.8) is 0 Å². The van der Waals surface area contributed by atoms with E-state index >= 15 is 0 Å². The molecule has 126 valence electrons. The lowest BCUT2D eigenvalue weighted by Gasteiger charge is -2.26. The molecular formula is C17H25N3O3. The van der Waals surface area contributed by atoms with Gasteiger partial charge >= 0.3 is 0 Å². The minimum absolute atomic E-state index is 0.111. The normalized spacial score (nSPS) is 25.4. The molecule has 3 rings (SSSR count). The molecule has 2 aliphatic rings. The van der Waals surface area contributed by atoms with E-state index < -0.39 is 0 Å². The third-order valence-electron chi connectivity index (χ3n) is 4.55. The number of nitrogens with zero attached hydrogens (tertiary/aromatic N) is 2. The van der Waals surface area contributed by atoms with Crippen LogP contribution in [0.2, 0.25) is 0 Å². The number of nitrogens with one attached hydrogen (secondary N) is 1. The smallest absolute Gasteiger partial charge is 0.221 e. The summed E-state index contributed by atoms with van der Waals surface area (Å²) in [5.41, 5.74) is 1.24. The molecule has 6 nitrogen and oxygen atoms in total. The molecule has 0 spiro atoms. The van der Waals surface area contributed by atoms with Gasteiger partial charge in [-0.05, 0) is 24.1 Å². The van der Waals surface area contributed by atoms with Gasteiger partial charge in [-0.25, -0.2) is 0 Å². The number of amides is 1. The second kappa shape index (κ2) is 8.38. The van der Waals surface area contributed by atoms with Crippen LogP contribution in [0.3, 0.4) is 0 Å². The van der Waals surface area contributed by atoms with Crippen molar-refractivity contribution in [3.05, 3.63) is 30.1 Å². The van der Waals surface area contributed by atoms with Crippen LogP contribution in [0, 0.1) is 5.92 Å². The van der Waals surface area contributed by atoms with Crippen LogP contribution in [0.15, 0.2) is 24.5 Å². The highest BCUT2D eigenvalue weighted by atomic mass is 16.5. The largest absolute Gasteiger partial charge is 0.379 e. The number of morpholine rings is 1. The molecule has 0 saturated carbocycles. The molecule has 0 unspecified atom stereocenters. The van der Waals surface area contributed by atoms with Crippen LogP contribution in [0.5, 0.6) is 0 Å². The van der Waals surface area contributed by atoms with Gasteiger partial charge in [-0.1, -0.05) is 0 Å². The lowest BCUT2D eigenvalue weighted by molar-refractivity contribution is -0.122. The summed E-state index contributed by atoms with van der Waals surface area (Å²) in [6.07, 6.45) is 5.07. The zero-order valence-corrected chi connectivity index (χ0v) is 13.4. The number of carbonyl (C=O) groups excluding carboxylic acids is 1. The Kier molecular flexibility index (Phi) is 5.96. The number of hydrogen-bond acceptors (Lipinski definition) is 5. The van der Waals surface area contributed by atoms with E-state index in [4.69, 9.17) is 9.47 Å². The molecule has 0 radical (unpaired) electrons. The number of aromatic nitrogens is 1. The Morgan fingerprint density at radius 3 is 2.78 bits per heavy atom. The maximum atomic E-state index is 12.2.